The predicted octanol–water partition coefficient (Wildman–Crippen LogP) is 3.10. The summed E-state index contributed by atoms with van der Waals surface area (Å²) in [5.41, 5.74) is -0.280. The molecule has 1 aromatic carbocycles. The standard InChI is InChI=1S/C11H7F7N2O2/c12-9(13,10(14,15)16)11(17,18)20-19-5-6-3-1-2-4-7(6)8(21)22/h1-5,20H,(H,21,22)/b19-5-. The summed E-state index contributed by atoms with van der Waals surface area (Å²) < 4.78 is 86.3. The normalized spacial score (nSPS) is 13.4. The maximum absolute atomic E-state index is 12.8. The molecule has 0 aliphatic rings. The molecule has 0 radical (unpaired) electrons. The molecular weight excluding hydrogens is 325 g/mol. The second-order valence-corrected chi connectivity index (χ2v) is 3.91. The predicted molar refractivity (Wildman–Crippen MR) is 60.1 cm³/mol. The lowest BCUT2D eigenvalue weighted by atomic mass is 10.1. The van der Waals surface area contributed by atoms with Crippen LogP contribution < -0.4 is 5.43 Å². The Balaban J connectivity index is 2.97. The molecule has 4 nitrogen and oxygen atoms in total. The van der Waals surface area contributed by atoms with E-state index in [1.165, 1.54) is 12.1 Å². The Kier molecular flexibility index (Phi) is 4.68. The summed E-state index contributed by atoms with van der Waals surface area (Å²) in [5, 5.41) is 11.3. The Morgan fingerprint density at radius 2 is 1.64 bits per heavy atom. The molecule has 0 aliphatic carbocycles. The van der Waals surface area contributed by atoms with Crippen molar-refractivity contribution < 1.29 is 40.6 Å². The van der Waals surface area contributed by atoms with Crippen LogP contribution in [0.15, 0.2) is 29.4 Å². The number of benzene rings is 1. The first kappa shape index (κ1) is 17.7. The molecule has 2 N–H and O–H groups in total. The van der Waals surface area contributed by atoms with Crippen molar-refractivity contribution in [2.45, 2.75) is 18.1 Å². The van der Waals surface area contributed by atoms with E-state index in [2.05, 4.69) is 5.10 Å². The molecular formula is C11H7F7N2O2. The van der Waals surface area contributed by atoms with Crippen LogP contribution in [0.1, 0.15) is 15.9 Å². The lowest BCUT2D eigenvalue weighted by molar-refractivity contribution is -0.361. The van der Waals surface area contributed by atoms with Crippen LogP contribution in [-0.2, 0) is 0 Å². The third-order valence-electron chi connectivity index (χ3n) is 2.35. The Labute approximate surface area is 118 Å². The smallest absolute Gasteiger partial charge is 0.462 e. The van der Waals surface area contributed by atoms with Crippen LogP contribution in [0.5, 0.6) is 0 Å². The topological polar surface area (TPSA) is 61.7 Å². The van der Waals surface area contributed by atoms with Gasteiger partial charge in [0, 0.05) is 5.56 Å². The molecule has 0 fully saturated rings. The molecule has 122 valence electrons. The van der Waals surface area contributed by atoms with Crippen molar-refractivity contribution in [1.29, 1.82) is 0 Å². The Bertz CT molecular complexity index is 584. The fourth-order valence-corrected chi connectivity index (χ4v) is 1.24. The quantitative estimate of drug-likeness (QED) is 0.377. The zero-order valence-electron chi connectivity index (χ0n) is 10.3. The van der Waals surface area contributed by atoms with Crippen LogP contribution in [0.25, 0.3) is 0 Å². The van der Waals surface area contributed by atoms with E-state index < -0.39 is 29.7 Å². The lowest BCUT2D eigenvalue weighted by Crippen LogP contribution is -2.58. The third kappa shape index (κ3) is 3.46. The molecule has 0 amide bonds. The van der Waals surface area contributed by atoms with Crippen LogP contribution in [0.4, 0.5) is 30.7 Å². The first-order valence-corrected chi connectivity index (χ1v) is 5.35. The summed E-state index contributed by atoms with van der Waals surface area (Å²) in [7, 11) is 0. The molecule has 0 spiro atoms. The van der Waals surface area contributed by atoms with Gasteiger partial charge >= 0.3 is 24.1 Å². The van der Waals surface area contributed by atoms with Crippen LogP contribution in [0.3, 0.4) is 0 Å². The van der Waals surface area contributed by atoms with E-state index in [1.807, 2.05) is 0 Å². The number of halogens is 7. The van der Waals surface area contributed by atoms with Crippen molar-refractivity contribution in [3.05, 3.63) is 35.4 Å². The maximum Gasteiger partial charge on any atom is 0.462 e. The number of alkyl halides is 7. The fourth-order valence-electron chi connectivity index (χ4n) is 1.24. The molecule has 0 atom stereocenters. The van der Waals surface area contributed by atoms with E-state index in [1.54, 1.807) is 0 Å². The number of hydrogen-bond donors (Lipinski definition) is 2. The largest absolute Gasteiger partial charge is 0.478 e. The van der Waals surface area contributed by atoms with E-state index in [0.717, 1.165) is 12.1 Å². The van der Waals surface area contributed by atoms with Crippen molar-refractivity contribution >= 4 is 12.2 Å². The number of hydrogen-bond acceptors (Lipinski definition) is 3. The van der Waals surface area contributed by atoms with Gasteiger partial charge in [-0.05, 0) is 6.07 Å². The molecule has 11 heteroatoms. The van der Waals surface area contributed by atoms with Gasteiger partial charge in [0.25, 0.3) is 0 Å². The Morgan fingerprint density at radius 1 is 1.09 bits per heavy atom. The minimum absolute atomic E-state index is 0.270. The number of nitrogens with zero attached hydrogens (tertiary/aromatic N) is 1. The van der Waals surface area contributed by atoms with Crippen molar-refractivity contribution in [1.82, 2.24) is 5.43 Å². The molecule has 0 saturated carbocycles. The van der Waals surface area contributed by atoms with Crippen molar-refractivity contribution in [2.24, 2.45) is 5.10 Å². The van der Waals surface area contributed by atoms with Gasteiger partial charge in [0.15, 0.2) is 0 Å². The minimum atomic E-state index is -6.49. The first-order valence-electron chi connectivity index (χ1n) is 5.35. The molecule has 1 aromatic rings. The average molecular weight is 332 g/mol. The summed E-state index contributed by atoms with van der Waals surface area (Å²) in [6, 6.07) is -0.975. The molecule has 1 rings (SSSR count). The minimum Gasteiger partial charge on any atom is -0.478 e. The van der Waals surface area contributed by atoms with Gasteiger partial charge < -0.3 is 5.11 Å². The number of carboxylic acid groups (broad SMARTS) is 1. The lowest BCUT2D eigenvalue weighted by Gasteiger charge is -2.27. The average Bonchev–Trinajstić information content (AvgIpc) is 2.37. The summed E-state index contributed by atoms with van der Waals surface area (Å²) in [6.07, 6.45) is -6.10. The highest BCUT2D eigenvalue weighted by molar-refractivity contribution is 5.98. The Hall–Kier alpha value is -2.33. The summed E-state index contributed by atoms with van der Waals surface area (Å²) in [6.45, 7) is 0. The summed E-state index contributed by atoms with van der Waals surface area (Å²) in [4.78, 5) is 10.8. The van der Waals surface area contributed by atoms with Crippen molar-refractivity contribution in [3.63, 3.8) is 0 Å². The first-order chi connectivity index (χ1) is 9.90. The number of rotatable bonds is 5. The van der Waals surface area contributed by atoms with E-state index >= 15 is 0 Å². The van der Waals surface area contributed by atoms with Gasteiger partial charge in [-0.15, -0.1) is 0 Å². The monoisotopic (exact) mass is 332 g/mol. The highest BCUT2D eigenvalue weighted by atomic mass is 19.4. The number of carbonyl (C=O) groups is 1. The van der Waals surface area contributed by atoms with E-state index in [9.17, 15) is 35.5 Å². The molecule has 0 saturated heterocycles. The number of nitrogens with one attached hydrogen (secondary N) is 1. The highest BCUT2D eigenvalue weighted by Gasteiger charge is 2.73. The maximum atomic E-state index is 12.8. The number of hydrazone groups is 1. The van der Waals surface area contributed by atoms with Gasteiger partial charge in [-0.25, -0.2) is 10.2 Å². The summed E-state index contributed by atoms with van der Waals surface area (Å²) in [5.74, 6) is -7.82. The Morgan fingerprint density at radius 3 is 2.14 bits per heavy atom. The van der Waals surface area contributed by atoms with Crippen LogP contribution in [-0.4, -0.2) is 35.4 Å². The van der Waals surface area contributed by atoms with Gasteiger partial charge in [-0.1, -0.05) is 18.2 Å². The van der Waals surface area contributed by atoms with Crippen LogP contribution >= 0.6 is 0 Å². The van der Waals surface area contributed by atoms with Gasteiger partial charge in [-0.3, -0.25) is 0 Å². The van der Waals surface area contributed by atoms with Crippen molar-refractivity contribution in [2.75, 3.05) is 0 Å². The number of aromatic carboxylic acids is 1. The van der Waals surface area contributed by atoms with E-state index in [4.69, 9.17) is 5.11 Å². The molecule has 0 aromatic heterocycles. The fraction of sp³-hybridized carbons (Fsp3) is 0.273. The van der Waals surface area contributed by atoms with Crippen LogP contribution in [0, 0.1) is 0 Å². The second-order valence-electron chi connectivity index (χ2n) is 3.91. The van der Waals surface area contributed by atoms with Gasteiger partial charge in [0.2, 0.25) is 0 Å². The second kappa shape index (κ2) is 5.81. The number of carboxylic acids is 1. The van der Waals surface area contributed by atoms with Crippen molar-refractivity contribution in [3.8, 4) is 0 Å². The third-order valence-corrected chi connectivity index (χ3v) is 2.35. The SMILES string of the molecule is O=C(O)c1ccccc1/C=N\NC(F)(F)C(F)(F)C(F)(F)F. The molecule has 0 heterocycles. The van der Waals surface area contributed by atoms with E-state index in [-0.39, 0.29) is 5.56 Å². The zero-order chi connectivity index (χ0) is 17.2. The molecule has 22 heavy (non-hydrogen) atoms. The summed E-state index contributed by atoms with van der Waals surface area (Å²) >= 11 is 0. The van der Waals surface area contributed by atoms with Gasteiger partial charge in [0.1, 0.15) is 0 Å². The highest BCUT2D eigenvalue weighted by Crippen LogP contribution is 2.44. The van der Waals surface area contributed by atoms with Gasteiger partial charge in [-0.2, -0.15) is 35.8 Å². The zero-order valence-corrected chi connectivity index (χ0v) is 10.3. The van der Waals surface area contributed by atoms with Crippen LogP contribution in [0.2, 0.25) is 0 Å². The van der Waals surface area contributed by atoms with Gasteiger partial charge in [0.05, 0.1) is 11.8 Å². The molecule has 0 unspecified atom stereocenters. The molecule has 0 aliphatic heterocycles. The molecule has 0 bridgehead atoms. The van der Waals surface area contributed by atoms with E-state index in [0.29, 0.717) is 11.6 Å².